The van der Waals surface area contributed by atoms with Gasteiger partial charge in [-0.3, -0.25) is 0 Å². The average molecular weight is 247 g/mol. The van der Waals surface area contributed by atoms with Gasteiger partial charge in [-0.05, 0) is 19.4 Å². The highest BCUT2D eigenvalue weighted by Crippen LogP contribution is 2.20. The minimum Gasteiger partial charge on any atom is -0.382 e. The highest BCUT2D eigenvalue weighted by molar-refractivity contribution is 5.24. The third kappa shape index (κ3) is 4.36. The molecule has 0 heterocycles. The Morgan fingerprint density at radius 2 is 2.00 bits per heavy atom. The Bertz CT molecular complexity index is 365. The zero-order chi connectivity index (χ0) is 13.1. The van der Waals surface area contributed by atoms with Gasteiger partial charge < -0.3 is 10.4 Å². The second-order valence-corrected chi connectivity index (χ2v) is 4.10. The van der Waals surface area contributed by atoms with Crippen molar-refractivity contribution in [1.82, 2.24) is 5.32 Å². The van der Waals surface area contributed by atoms with Crippen molar-refractivity contribution >= 4 is 0 Å². The number of rotatable bonds is 4. The second kappa shape index (κ2) is 5.51. The maximum Gasteiger partial charge on any atom is 0.415 e. The fourth-order valence-electron chi connectivity index (χ4n) is 1.46. The molecule has 0 aromatic heterocycles. The van der Waals surface area contributed by atoms with Gasteiger partial charge in [-0.15, -0.1) is 0 Å². The molecule has 96 valence electrons. The zero-order valence-electron chi connectivity index (χ0n) is 9.75. The molecule has 1 aromatic rings. The van der Waals surface area contributed by atoms with Crippen LogP contribution in [0.25, 0.3) is 0 Å². The summed E-state index contributed by atoms with van der Waals surface area (Å²) in [5.74, 6) is 0. The molecular formula is C12H16F3NO. The quantitative estimate of drug-likeness (QED) is 0.857. The van der Waals surface area contributed by atoms with Crippen molar-refractivity contribution < 1.29 is 18.3 Å². The van der Waals surface area contributed by atoms with Gasteiger partial charge in [0.15, 0.2) is 6.10 Å². The molecule has 0 bridgehead atoms. The van der Waals surface area contributed by atoms with E-state index in [1.165, 1.54) is 0 Å². The SMILES string of the molecule is Cc1cccc([C@H](C)NCC(O)C(F)(F)F)c1. The van der Waals surface area contributed by atoms with E-state index in [0.717, 1.165) is 11.1 Å². The third-order valence-corrected chi connectivity index (χ3v) is 2.54. The van der Waals surface area contributed by atoms with Crippen LogP contribution in [0.1, 0.15) is 24.1 Å². The molecule has 1 rings (SSSR count). The van der Waals surface area contributed by atoms with Crippen LogP contribution in [0, 0.1) is 6.92 Å². The van der Waals surface area contributed by atoms with E-state index in [1.807, 2.05) is 31.2 Å². The molecule has 0 fully saturated rings. The van der Waals surface area contributed by atoms with Crippen molar-refractivity contribution in [2.45, 2.75) is 32.2 Å². The Labute approximate surface area is 98.5 Å². The molecule has 0 saturated carbocycles. The van der Waals surface area contributed by atoms with Gasteiger partial charge in [-0.25, -0.2) is 0 Å². The number of hydrogen-bond donors (Lipinski definition) is 2. The molecule has 2 N–H and O–H groups in total. The third-order valence-electron chi connectivity index (χ3n) is 2.54. The summed E-state index contributed by atoms with van der Waals surface area (Å²) >= 11 is 0. The van der Waals surface area contributed by atoms with E-state index >= 15 is 0 Å². The lowest BCUT2D eigenvalue weighted by Crippen LogP contribution is -2.39. The fraction of sp³-hybridized carbons (Fsp3) is 0.500. The van der Waals surface area contributed by atoms with Crippen LogP contribution in [0.3, 0.4) is 0 Å². The predicted octanol–water partition coefficient (Wildman–Crippen LogP) is 2.57. The highest BCUT2D eigenvalue weighted by atomic mass is 19.4. The standard InChI is InChI=1S/C12H16F3NO/c1-8-4-3-5-10(6-8)9(2)16-7-11(17)12(13,14)15/h3-6,9,11,16-17H,7H2,1-2H3/t9-,11?/m0/s1. The lowest BCUT2D eigenvalue weighted by molar-refractivity contribution is -0.202. The maximum atomic E-state index is 12.1. The summed E-state index contributed by atoms with van der Waals surface area (Å²) in [6.45, 7) is 3.18. The van der Waals surface area contributed by atoms with Crippen LogP contribution >= 0.6 is 0 Å². The van der Waals surface area contributed by atoms with Crippen molar-refractivity contribution in [2.75, 3.05) is 6.54 Å². The van der Waals surface area contributed by atoms with Crippen LogP contribution in [0.15, 0.2) is 24.3 Å². The molecule has 0 radical (unpaired) electrons. The molecule has 17 heavy (non-hydrogen) atoms. The van der Waals surface area contributed by atoms with Gasteiger partial charge in [0.2, 0.25) is 0 Å². The van der Waals surface area contributed by atoms with Crippen LogP contribution in [-0.4, -0.2) is 23.9 Å². The fourth-order valence-corrected chi connectivity index (χ4v) is 1.46. The molecule has 1 unspecified atom stereocenters. The van der Waals surface area contributed by atoms with Gasteiger partial charge in [0.05, 0.1) is 0 Å². The number of aliphatic hydroxyl groups is 1. The van der Waals surface area contributed by atoms with E-state index in [-0.39, 0.29) is 6.04 Å². The van der Waals surface area contributed by atoms with Gasteiger partial charge in [-0.1, -0.05) is 29.8 Å². The minimum absolute atomic E-state index is 0.230. The molecule has 0 aliphatic rings. The predicted molar refractivity (Wildman–Crippen MR) is 59.7 cm³/mol. The van der Waals surface area contributed by atoms with E-state index in [0.29, 0.717) is 0 Å². The van der Waals surface area contributed by atoms with Crippen molar-refractivity contribution in [3.8, 4) is 0 Å². The summed E-state index contributed by atoms with van der Waals surface area (Å²) in [6.07, 6.45) is -6.89. The van der Waals surface area contributed by atoms with E-state index in [9.17, 15) is 13.2 Å². The normalized spacial score (nSPS) is 15.6. The minimum atomic E-state index is -4.57. The second-order valence-electron chi connectivity index (χ2n) is 4.10. The molecule has 0 aliphatic heterocycles. The van der Waals surface area contributed by atoms with Crippen LogP contribution in [0.2, 0.25) is 0 Å². The largest absolute Gasteiger partial charge is 0.415 e. The molecular weight excluding hydrogens is 231 g/mol. The van der Waals surface area contributed by atoms with Crippen molar-refractivity contribution in [2.24, 2.45) is 0 Å². The monoisotopic (exact) mass is 247 g/mol. The number of halogens is 3. The van der Waals surface area contributed by atoms with Crippen LogP contribution in [0.4, 0.5) is 13.2 Å². The van der Waals surface area contributed by atoms with Gasteiger partial charge in [0.25, 0.3) is 0 Å². The number of hydrogen-bond acceptors (Lipinski definition) is 2. The average Bonchev–Trinajstić information content (AvgIpc) is 2.24. The topological polar surface area (TPSA) is 32.3 Å². The number of aliphatic hydroxyl groups excluding tert-OH is 1. The number of aryl methyl sites for hydroxylation is 1. The van der Waals surface area contributed by atoms with Gasteiger partial charge >= 0.3 is 6.18 Å². The van der Waals surface area contributed by atoms with E-state index < -0.39 is 18.8 Å². The zero-order valence-corrected chi connectivity index (χ0v) is 9.75. The molecule has 0 aliphatic carbocycles. The summed E-state index contributed by atoms with van der Waals surface area (Å²) in [4.78, 5) is 0. The highest BCUT2D eigenvalue weighted by Gasteiger charge is 2.37. The van der Waals surface area contributed by atoms with Crippen molar-refractivity contribution in [1.29, 1.82) is 0 Å². The molecule has 0 amide bonds. The van der Waals surface area contributed by atoms with Crippen molar-refractivity contribution in [3.05, 3.63) is 35.4 Å². The summed E-state index contributed by atoms with van der Waals surface area (Å²) in [6, 6.07) is 7.28. The first-order valence-corrected chi connectivity index (χ1v) is 5.35. The summed E-state index contributed by atoms with van der Waals surface area (Å²) in [5.41, 5.74) is 1.95. The maximum absolute atomic E-state index is 12.1. The molecule has 1 aromatic carbocycles. The van der Waals surface area contributed by atoms with Crippen molar-refractivity contribution in [3.63, 3.8) is 0 Å². The summed E-state index contributed by atoms with van der Waals surface area (Å²) in [5, 5.41) is 11.5. The molecule has 5 heteroatoms. The Kier molecular flexibility index (Phi) is 4.54. The van der Waals surface area contributed by atoms with E-state index in [2.05, 4.69) is 5.32 Å². The van der Waals surface area contributed by atoms with Crippen LogP contribution in [-0.2, 0) is 0 Å². The van der Waals surface area contributed by atoms with E-state index in [4.69, 9.17) is 5.11 Å². The lowest BCUT2D eigenvalue weighted by Gasteiger charge is -2.19. The molecule has 2 atom stereocenters. The smallest absolute Gasteiger partial charge is 0.382 e. The Morgan fingerprint density at radius 3 is 2.53 bits per heavy atom. The number of nitrogens with one attached hydrogen (secondary N) is 1. The van der Waals surface area contributed by atoms with Gasteiger partial charge in [-0.2, -0.15) is 13.2 Å². The van der Waals surface area contributed by atoms with Gasteiger partial charge in [0.1, 0.15) is 0 Å². The van der Waals surface area contributed by atoms with Crippen LogP contribution < -0.4 is 5.32 Å². The molecule has 2 nitrogen and oxygen atoms in total. The number of alkyl halides is 3. The van der Waals surface area contributed by atoms with Gasteiger partial charge in [0, 0.05) is 12.6 Å². The first-order valence-electron chi connectivity index (χ1n) is 5.35. The van der Waals surface area contributed by atoms with Crippen LogP contribution in [0.5, 0.6) is 0 Å². The molecule has 0 saturated heterocycles. The first-order chi connectivity index (χ1) is 7.80. The summed E-state index contributed by atoms with van der Waals surface area (Å²) < 4.78 is 36.2. The number of benzene rings is 1. The first kappa shape index (κ1) is 14.0. The lowest BCUT2D eigenvalue weighted by atomic mass is 10.1. The Hall–Kier alpha value is -1.07. The Balaban J connectivity index is 2.53. The molecule has 0 spiro atoms. The van der Waals surface area contributed by atoms with E-state index in [1.54, 1.807) is 6.92 Å². The summed E-state index contributed by atoms with van der Waals surface area (Å²) in [7, 11) is 0. The Morgan fingerprint density at radius 1 is 1.35 bits per heavy atom.